The first-order valence-corrected chi connectivity index (χ1v) is 11.9. The van der Waals surface area contributed by atoms with Gasteiger partial charge in [0.1, 0.15) is 35.3 Å². The molecule has 39 heavy (non-hydrogen) atoms. The van der Waals surface area contributed by atoms with Crippen molar-refractivity contribution in [1.29, 1.82) is 0 Å². The first-order chi connectivity index (χ1) is 18.5. The molecule has 2 aromatic carbocycles. The number of aryl methyl sites for hydroxylation is 1. The average molecular weight is 547 g/mol. The van der Waals surface area contributed by atoms with Gasteiger partial charge in [0.25, 0.3) is 0 Å². The van der Waals surface area contributed by atoms with Crippen LogP contribution in [0.1, 0.15) is 36.7 Å². The molecule has 3 rings (SSSR count). The zero-order valence-electron chi connectivity index (χ0n) is 21.9. The van der Waals surface area contributed by atoms with Crippen LogP contribution in [0.5, 0.6) is 17.2 Å². The minimum absolute atomic E-state index is 0.0716. The van der Waals surface area contributed by atoms with E-state index in [2.05, 4.69) is 9.84 Å². The second-order valence-electron chi connectivity index (χ2n) is 8.47. The zero-order chi connectivity index (χ0) is 28.6. The summed E-state index contributed by atoms with van der Waals surface area (Å²) < 4.78 is 60.9. The summed E-state index contributed by atoms with van der Waals surface area (Å²) >= 11 is 0. The molecule has 0 saturated heterocycles. The first kappa shape index (κ1) is 29.2. The maximum absolute atomic E-state index is 12.9. The van der Waals surface area contributed by atoms with Gasteiger partial charge in [-0.25, -0.2) is 9.48 Å². The third-order valence-electron chi connectivity index (χ3n) is 5.43. The number of alkyl halides is 3. The number of carbonyl (C=O) groups is 1. The average Bonchev–Trinajstić information content (AvgIpc) is 3.30. The minimum Gasteiger partial charge on any atom is -0.497 e. The van der Waals surface area contributed by atoms with Crippen LogP contribution in [-0.4, -0.2) is 40.9 Å². The zero-order valence-corrected chi connectivity index (χ0v) is 21.9. The SMILES string of the molecule is C/C=C\C(=C/C(C)c1cc(COc2ccc(OCC(=O)O)c(C)c2)nn1-c1ccc(OC)cc1)OC(F)(F)F. The number of rotatable bonds is 12. The number of ether oxygens (including phenoxy) is 4. The molecule has 0 amide bonds. The molecule has 0 spiro atoms. The van der Waals surface area contributed by atoms with E-state index in [-0.39, 0.29) is 12.4 Å². The first-order valence-electron chi connectivity index (χ1n) is 11.9. The number of aliphatic carboxylic acids is 1. The van der Waals surface area contributed by atoms with Gasteiger partial charge in [0, 0.05) is 5.92 Å². The van der Waals surface area contributed by atoms with Gasteiger partial charge < -0.3 is 24.1 Å². The number of aromatic nitrogens is 2. The summed E-state index contributed by atoms with van der Waals surface area (Å²) in [5.41, 5.74) is 2.52. The molecule has 208 valence electrons. The second kappa shape index (κ2) is 12.9. The van der Waals surface area contributed by atoms with Crippen molar-refractivity contribution in [2.45, 2.75) is 39.7 Å². The number of hydrogen-bond donors (Lipinski definition) is 1. The Bertz CT molecular complexity index is 1330. The van der Waals surface area contributed by atoms with Gasteiger partial charge >= 0.3 is 12.3 Å². The third-order valence-corrected chi connectivity index (χ3v) is 5.43. The van der Waals surface area contributed by atoms with E-state index in [0.717, 1.165) is 0 Å². The normalized spacial score (nSPS) is 12.8. The molecule has 1 unspecified atom stereocenters. The van der Waals surface area contributed by atoms with E-state index in [1.54, 1.807) is 81.1 Å². The highest BCUT2D eigenvalue weighted by Gasteiger charge is 2.31. The lowest BCUT2D eigenvalue weighted by Crippen LogP contribution is -2.13. The molecule has 3 aromatic rings. The van der Waals surface area contributed by atoms with Crippen molar-refractivity contribution < 1.29 is 42.0 Å². The largest absolute Gasteiger partial charge is 0.573 e. The Kier molecular flexibility index (Phi) is 9.64. The highest BCUT2D eigenvalue weighted by atomic mass is 19.4. The highest BCUT2D eigenvalue weighted by molar-refractivity contribution is 5.68. The lowest BCUT2D eigenvalue weighted by atomic mass is 10.1. The molecule has 1 N–H and O–H groups in total. The van der Waals surface area contributed by atoms with Crippen LogP contribution < -0.4 is 14.2 Å². The Morgan fingerprint density at radius 3 is 2.38 bits per heavy atom. The van der Waals surface area contributed by atoms with Gasteiger partial charge in [-0.05, 0) is 80.1 Å². The number of hydrogen-bond acceptors (Lipinski definition) is 6. The maximum atomic E-state index is 12.9. The smallest absolute Gasteiger partial charge is 0.497 e. The number of allylic oxidation sites excluding steroid dienone is 3. The van der Waals surface area contributed by atoms with Crippen LogP contribution >= 0.6 is 0 Å². The molecule has 0 bridgehead atoms. The maximum Gasteiger partial charge on any atom is 0.573 e. The molecule has 1 aromatic heterocycles. The van der Waals surface area contributed by atoms with Crippen LogP contribution in [0.2, 0.25) is 0 Å². The van der Waals surface area contributed by atoms with Crippen LogP contribution in [0, 0.1) is 6.92 Å². The number of methoxy groups -OCH3 is 1. The quantitative estimate of drug-likeness (QED) is 0.210. The summed E-state index contributed by atoms with van der Waals surface area (Å²) in [5, 5.41) is 13.4. The fourth-order valence-corrected chi connectivity index (χ4v) is 3.70. The van der Waals surface area contributed by atoms with E-state index in [1.165, 1.54) is 18.2 Å². The molecule has 0 radical (unpaired) electrons. The van der Waals surface area contributed by atoms with Gasteiger partial charge in [-0.3, -0.25) is 0 Å². The Morgan fingerprint density at radius 1 is 1.10 bits per heavy atom. The van der Waals surface area contributed by atoms with Gasteiger partial charge in [0.2, 0.25) is 0 Å². The Labute approximate surface area is 223 Å². The van der Waals surface area contributed by atoms with E-state index >= 15 is 0 Å². The molecular weight excluding hydrogens is 517 g/mol. The molecule has 0 aliphatic heterocycles. The standard InChI is InChI=1S/C28H29F3N2O6/c1-5-6-24(39-28(29,30)31)13-18(2)25-15-20(32-33(25)21-7-9-22(36-4)10-8-21)16-37-23-11-12-26(19(3)14-23)38-17-27(34)35/h5-15,18H,16-17H2,1-4H3,(H,34,35)/b6-5-,24-13+. The van der Waals surface area contributed by atoms with Gasteiger partial charge in [-0.1, -0.05) is 13.0 Å². The summed E-state index contributed by atoms with van der Waals surface area (Å²) in [6.07, 6.45) is -0.750. The molecule has 1 atom stereocenters. The van der Waals surface area contributed by atoms with E-state index in [1.807, 2.05) is 0 Å². The molecule has 11 heteroatoms. The number of carboxylic acid groups (broad SMARTS) is 1. The fourth-order valence-electron chi connectivity index (χ4n) is 3.70. The summed E-state index contributed by atoms with van der Waals surface area (Å²) in [5.74, 6) is -0.353. The van der Waals surface area contributed by atoms with Crippen LogP contribution in [-0.2, 0) is 16.1 Å². The highest BCUT2D eigenvalue weighted by Crippen LogP contribution is 2.29. The molecule has 0 saturated carbocycles. The lowest BCUT2D eigenvalue weighted by Gasteiger charge is -2.14. The van der Waals surface area contributed by atoms with Crippen molar-refractivity contribution in [3.05, 3.63) is 89.5 Å². The molecule has 0 aliphatic rings. The van der Waals surface area contributed by atoms with Crippen molar-refractivity contribution in [2.24, 2.45) is 0 Å². The van der Waals surface area contributed by atoms with Crippen LogP contribution in [0.3, 0.4) is 0 Å². The summed E-state index contributed by atoms with van der Waals surface area (Å²) in [6, 6.07) is 13.8. The summed E-state index contributed by atoms with van der Waals surface area (Å²) in [4.78, 5) is 10.7. The number of nitrogens with zero attached hydrogens (tertiary/aromatic N) is 2. The second-order valence-corrected chi connectivity index (χ2v) is 8.47. The van der Waals surface area contributed by atoms with Crippen LogP contribution in [0.15, 0.2) is 72.5 Å². The Balaban J connectivity index is 1.89. The van der Waals surface area contributed by atoms with E-state index in [4.69, 9.17) is 19.3 Å². The monoisotopic (exact) mass is 546 g/mol. The topological polar surface area (TPSA) is 92.0 Å². The minimum atomic E-state index is -4.83. The van der Waals surface area contributed by atoms with Crippen molar-refractivity contribution in [3.63, 3.8) is 0 Å². The van der Waals surface area contributed by atoms with Gasteiger partial charge in [-0.2, -0.15) is 5.10 Å². The molecule has 0 fully saturated rings. The molecular formula is C28H29F3N2O6. The molecule has 1 heterocycles. The predicted molar refractivity (Wildman–Crippen MR) is 137 cm³/mol. The molecule has 8 nitrogen and oxygen atoms in total. The number of halogens is 3. The number of benzene rings is 2. The Morgan fingerprint density at radius 2 is 1.79 bits per heavy atom. The summed E-state index contributed by atoms with van der Waals surface area (Å²) in [7, 11) is 1.55. The van der Waals surface area contributed by atoms with Crippen molar-refractivity contribution in [1.82, 2.24) is 9.78 Å². The van der Waals surface area contributed by atoms with Gasteiger partial charge in [-0.15, -0.1) is 13.2 Å². The van der Waals surface area contributed by atoms with E-state index in [9.17, 15) is 18.0 Å². The van der Waals surface area contributed by atoms with Gasteiger partial charge in [0.15, 0.2) is 6.61 Å². The van der Waals surface area contributed by atoms with E-state index in [0.29, 0.717) is 39.9 Å². The van der Waals surface area contributed by atoms with E-state index < -0.39 is 24.9 Å². The Hall–Kier alpha value is -4.41. The van der Waals surface area contributed by atoms with Crippen LogP contribution in [0.25, 0.3) is 5.69 Å². The molecule has 0 aliphatic carbocycles. The summed E-state index contributed by atoms with van der Waals surface area (Å²) in [6.45, 7) is 4.72. The predicted octanol–water partition coefficient (Wildman–Crippen LogP) is 6.33. The van der Waals surface area contributed by atoms with Crippen molar-refractivity contribution in [2.75, 3.05) is 13.7 Å². The van der Waals surface area contributed by atoms with Gasteiger partial charge in [0.05, 0.1) is 18.5 Å². The van der Waals surface area contributed by atoms with Crippen LogP contribution in [0.4, 0.5) is 13.2 Å². The fraction of sp³-hybridized carbons (Fsp3) is 0.286. The van der Waals surface area contributed by atoms with Crippen molar-refractivity contribution in [3.8, 4) is 22.9 Å². The third kappa shape index (κ3) is 8.56. The lowest BCUT2D eigenvalue weighted by molar-refractivity contribution is -0.303. The van der Waals surface area contributed by atoms with Crippen molar-refractivity contribution >= 4 is 5.97 Å². The number of carboxylic acids is 1.